The third kappa shape index (κ3) is 3.68. The monoisotopic (exact) mass is 359 g/mol. The van der Waals surface area contributed by atoms with Gasteiger partial charge in [-0.25, -0.2) is 9.37 Å². The van der Waals surface area contributed by atoms with Crippen LogP contribution in [0.2, 0.25) is 5.02 Å². The Morgan fingerprint density at radius 2 is 2.12 bits per heavy atom. The highest BCUT2D eigenvalue weighted by molar-refractivity contribution is 6.30. The first-order valence-electron chi connectivity index (χ1n) is 8.44. The van der Waals surface area contributed by atoms with E-state index in [1.807, 2.05) is 30.3 Å². The Kier molecular flexibility index (Phi) is 4.70. The van der Waals surface area contributed by atoms with Crippen molar-refractivity contribution in [3.05, 3.63) is 64.7 Å². The number of fused-ring (bicyclic) bond motifs is 1. The van der Waals surface area contributed by atoms with Crippen LogP contribution in [-0.4, -0.2) is 29.2 Å². The van der Waals surface area contributed by atoms with Crippen LogP contribution in [0.25, 0.3) is 11.0 Å². The molecule has 0 aliphatic carbocycles. The highest BCUT2D eigenvalue weighted by Crippen LogP contribution is 2.28. The molecule has 2 heterocycles. The summed E-state index contributed by atoms with van der Waals surface area (Å²) in [6.45, 7) is 1.56. The molecule has 0 bridgehead atoms. The Hall–Kier alpha value is -1.95. The second kappa shape index (κ2) is 7.12. The van der Waals surface area contributed by atoms with Gasteiger partial charge in [0.1, 0.15) is 11.6 Å². The van der Waals surface area contributed by atoms with E-state index in [-0.39, 0.29) is 17.2 Å². The molecular weight excluding hydrogens is 341 g/mol. The van der Waals surface area contributed by atoms with Crippen LogP contribution in [0.15, 0.2) is 42.5 Å². The maximum Gasteiger partial charge on any atom is 0.142 e. The summed E-state index contributed by atoms with van der Waals surface area (Å²) >= 11 is 5.79. The molecule has 2 aromatic carbocycles. The quantitative estimate of drug-likeness (QED) is 0.742. The highest BCUT2D eigenvalue weighted by Gasteiger charge is 2.23. The Labute approximate surface area is 150 Å². The molecule has 1 aromatic heterocycles. The average molecular weight is 360 g/mol. The zero-order valence-electron chi connectivity index (χ0n) is 13.6. The van der Waals surface area contributed by atoms with Crippen molar-refractivity contribution >= 4 is 22.6 Å². The van der Waals surface area contributed by atoms with Gasteiger partial charge in [-0.3, -0.25) is 0 Å². The maximum absolute atomic E-state index is 13.8. The van der Waals surface area contributed by atoms with E-state index in [4.69, 9.17) is 16.3 Å². The summed E-state index contributed by atoms with van der Waals surface area (Å²) in [5.41, 5.74) is 2.80. The first-order valence-corrected chi connectivity index (χ1v) is 8.81. The second-order valence-electron chi connectivity index (χ2n) is 6.32. The van der Waals surface area contributed by atoms with Crippen molar-refractivity contribution < 1.29 is 9.13 Å². The minimum atomic E-state index is -0.409. The molecule has 1 aliphatic heterocycles. The van der Waals surface area contributed by atoms with Gasteiger partial charge in [-0.2, -0.15) is 0 Å². The third-order valence-electron chi connectivity index (χ3n) is 4.49. The van der Waals surface area contributed by atoms with Crippen molar-refractivity contribution in [1.82, 2.24) is 15.3 Å². The molecule has 0 radical (unpaired) electrons. The normalized spacial score (nSPS) is 21.4. The summed E-state index contributed by atoms with van der Waals surface area (Å²) in [5, 5.41) is 3.52. The second-order valence-corrected chi connectivity index (χ2v) is 6.73. The van der Waals surface area contributed by atoms with E-state index in [1.54, 1.807) is 6.07 Å². The molecule has 25 heavy (non-hydrogen) atoms. The lowest BCUT2D eigenvalue weighted by Crippen LogP contribution is -2.28. The zero-order chi connectivity index (χ0) is 17.2. The van der Waals surface area contributed by atoms with Crippen LogP contribution >= 0.6 is 11.6 Å². The number of rotatable bonds is 3. The maximum atomic E-state index is 13.8. The number of aromatic nitrogens is 2. The number of nitrogens with zero attached hydrogens (tertiary/aromatic N) is 1. The third-order valence-corrected chi connectivity index (χ3v) is 4.79. The largest absolute Gasteiger partial charge is 0.368 e. The Morgan fingerprint density at radius 3 is 2.96 bits per heavy atom. The number of hydrogen-bond acceptors (Lipinski definition) is 3. The van der Waals surface area contributed by atoms with Crippen molar-refractivity contribution in [3.63, 3.8) is 0 Å². The van der Waals surface area contributed by atoms with Crippen LogP contribution in [0, 0.1) is 5.82 Å². The first kappa shape index (κ1) is 16.5. The molecule has 4 rings (SSSR count). The number of hydrogen-bond donors (Lipinski definition) is 2. The summed E-state index contributed by atoms with van der Waals surface area (Å²) < 4.78 is 20.0. The van der Waals surface area contributed by atoms with Crippen molar-refractivity contribution in [2.75, 3.05) is 13.1 Å². The molecule has 1 unspecified atom stereocenters. The molecule has 2 atom stereocenters. The number of imidazole rings is 1. The summed E-state index contributed by atoms with van der Waals surface area (Å²) in [6, 6.07) is 12.8. The fraction of sp³-hybridized carbons (Fsp3) is 0.316. The number of para-hydroxylation sites is 2. The van der Waals surface area contributed by atoms with E-state index < -0.39 is 5.82 Å². The van der Waals surface area contributed by atoms with Crippen molar-refractivity contribution in [3.8, 4) is 0 Å². The average Bonchev–Trinajstić information content (AvgIpc) is 2.87. The van der Waals surface area contributed by atoms with Gasteiger partial charge in [-0.05, 0) is 42.8 Å². The molecule has 0 saturated carbocycles. The SMILES string of the molecule is Fc1cc([C@H]2CCNCC(Cc3nc4ccccc4[nH]3)O2)ccc1Cl. The fourth-order valence-electron chi connectivity index (χ4n) is 3.24. The van der Waals surface area contributed by atoms with E-state index in [2.05, 4.69) is 15.3 Å². The summed E-state index contributed by atoms with van der Waals surface area (Å²) in [4.78, 5) is 7.96. The molecule has 4 nitrogen and oxygen atoms in total. The van der Waals surface area contributed by atoms with Crippen molar-refractivity contribution in [1.29, 1.82) is 0 Å². The van der Waals surface area contributed by atoms with Crippen LogP contribution in [0.3, 0.4) is 0 Å². The van der Waals surface area contributed by atoms with Crippen molar-refractivity contribution in [2.45, 2.75) is 25.0 Å². The standard InChI is InChI=1S/C19H19ClFN3O/c20-14-6-5-12(9-15(14)21)18-7-8-22-11-13(25-18)10-19-23-16-3-1-2-4-17(16)24-19/h1-6,9,13,18,22H,7-8,10-11H2,(H,23,24)/t13?,18-/m1/s1. The predicted octanol–water partition coefficient (Wildman–Crippen LogP) is 4.02. The number of benzene rings is 2. The molecule has 1 saturated heterocycles. The molecule has 3 aromatic rings. The number of aromatic amines is 1. The summed E-state index contributed by atoms with van der Waals surface area (Å²) in [5.74, 6) is 0.491. The van der Waals surface area contributed by atoms with E-state index >= 15 is 0 Å². The van der Waals surface area contributed by atoms with E-state index in [0.717, 1.165) is 41.9 Å². The van der Waals surface area contributed by atoms with Gasteiger partial charge in [0.2, 0.25) is 0 Å². The molecule has 1 fully saturated rings. The van der Waals surface area contributed by atoms with Gasteiger partial charge < -0.3 is 15.0 Å². The lowest BCUT2D eigenvalue weighted by molar-refractivity contribution is -0.00298. The highest BCUT2D eigenvalue weighted by atomic mass is 35.5. The summed E-state index contributed by atoms with van der Waals surface area (Å²) in [7, 11) is 0. The van der Waals surface area contributed by atoms with Gasteiger partial charge in [0.15, 0.2) is 0 Å². The molecule has 0 spiro atoms. The number of ether oxygens (including phenoxy) is 1. The van der Waals surface area contributed by atoms with Crippen molar-refractivity contribution in [2.24, 2.45) is 0 Å². The predicted molar refractivity (Wildman–Crippen MR) is 96.3 cm³/mol. The van der Waals surface area contributed by atoms with Gasteiger partial charge in [-0.1, -0.05) is 29.8 Å². The molecule has 6 heteroatoms. The minimum Gasteiger partial charge on any atom is -0.368 e. The topological polar surface area (TPSA) is 49.9 Å². The summed E-state index contributed by atoms with van der Waals surface area (Å²) in [6.07, 6.45) is 1.27. The Morgan fingerprint density at radius 1 is 1.24 bits per heavy atom. The molecular formula is C19H19ClFN3O. The van der Waals surface area contributed by atoms with Gasteiger partial charge in [0, 0.05) is 13.0 Å². The number of nitrogens with one attached hydrogen (secondary N) is 2. The molecule has 130 valence electrons. The molecule has 0 amide bonds. The van der Waals surface area contributed by atoms with Gasteiger partial charge in [0.25, 0.3) is 0 Å². The first-order chi connectivity index (χ1) is 12.2. The number of H-pyrrole nitrogens is 1. The zero-order valence-corrected chi connectivity index (χ0v) is 14.4. The molecule has 1 aliphatic rings. The lowest BCUT2D eigenvalue weighted by Gasteiger charge is -2.21. The van der Waals surface area contributed by atoms with Crippen LogP contribution < -0.4 is 5.32 Å². The molecule has 2 N–H and O–H groups in total. The number of halogens is 2. The van der Waals surface area contributed by atoms with Crippen LogP contribution in [0.4, 0.5) is 4.39 Å². The fourth-order valence-corrected chi connectivity index (χ4v) is 3.36. The van der Waals surface area contributed by atoms with Gasteiger partial charge in [-0.15, -0.1) is 0 Å². The smallest absolute Gasteiger partial charge is 0.142 e. The van der Waals surface area contributed by atoms with Crippen LogP contribution in [0.5, 0.6) is 0 Å². The van der Waals surface area contributed by atoms with Gasteiger partial charge >= 0.3 is 0 Å². The van der Waals surface area contributed by atoms with E-state index in [9.17, 15) is 4.39 Å². The Bertz CT molecular complexity index is 849. The Balaban J connectivity index is 1.52. The van der Waals surface area contributed by atoms with Gasteiger partial charge in [0.05, 0.1) is 28.3 Å². The van der Waals surface area contributed by atoms with E-state index in [1.165, 1.54) is 6.07 Å². The van der Waals surface area contributed by atoms with Crippen LogP contribution in [0.1, 0.15) is 23.9 Å². The van der Waals surface area contributed by atoms with E-state index in [0.29, 0.717) is 6.42 Å². The minimum absolute atomic E-state index is 0.0354. The van der Waals surface area contributed by atoms with Crippen LogP contribution in [-0.2, 0) is 11.2 Å². The lowest BCUT2D eigenvalue weighted by atomic mass is 10.1.